The van der Waals surface area contributed by atoms with Gasteiger partial charge in [0.15, 0.2) is 0 Å². The summed E-state index contributed by atoms with van der Waals surface area (Å²) in [7, 11) is 1.88. The van der Waals surface area contributed by atoms with Crippen LogP contribution in [0.2, 0.25) is 0 Å². The lowest BCUT2D eigenvalue weighted by atomic mass is 9.96. The quantitative estimate of drug-likeness (QED) is 0.807. The zero-order chi connectivity index (χ0) is 13.5. The van der Waals surface area contributed by atoms with Gasteiger partial charge in [0, 0.05) is 6.04 Å². The minimum Gasteiger partial charge on any atom is -0.480 e. The van der Waals surface area contributed by atoms with Gasteiger partial charge in [0.1, 0.15) is 0 Å². The molecule has 0 aromatic heterocycles. The SMILES string of the molecule is CC(C)CC[C@H](c1ccccc1)N(C)CC(=O)O. The third-order valence-corrected chi connectivity index (χ3v) is 3.12. The van der Waals surface area contributed by atoms with E-state index in [0.29, 0.717) is 5.92 Å². The maximum absolute atomic E-state index is 10.8. The van der Waals surface area contributed by atoms with Gasteiger partial charge in [0.2, 0.25) is 0 Å². The highest BCUT2D eigenvalue weighted by atomic mass is 16.4. The topological polar surface area (TPSA) is 40.5 Å². The molecule has 0 bridgehead atoms. The molecular weight excluding hydrogens is 226 g/mol. The Morgan fingerprint density at radius 1 is 1.22 bits per heavy atom. The molecule has 1 N–H and O–H groups in total. The summed E-state index contributed by atoms with van der Waals surface area (Å²) in [5, 5.41) is 8.92. The molecule has 18 heavy (non-hydrogen) atoms. The Morgan fingerprint density at radius 2 is 1.83 bits per heavy atom. The molecule has 100 valence electrons. The second kappa shape index (κ2) is 7.17. The van der Waals surface area contributed by atoms with Gasteiger partial charge in [-0.25, -0.2) is 0 Å². The molecule has 1 rings (SSSR count). The van der Waals surface area contributed by atoms with E-state index in [1.807, 2.05) is 30.1 Å². The molecule has 0 spiro atoms. The smallest absolute Gasteiger partial charge is 0.317 e. The maximum atomic E-state index is 10.8. The second-order valence-corrected chi connectivity index (χ2v) is 5.21. The minimum absolute atomic E-state index is 0.0810. The van der Waals surface area contributed by atoms with Crippen LogP contribution in [0.15, 0.2) is 30.3 Å². The Hall–Kier alpha value is -1.35. The van der Waals surface area contributed by atoms with Crippen LogP contribution in [0.3, 0.4) is 0 Å². The number of likely N-dealkylation sites (N-methyl/N-ethyl adjacent to an activating group) is 1. The highest BCUT2D eigenvalue weighted by Gasteiger charge is 2.18. The normalized spacial score (nSPS) is 12.9. The van der Waals surface area contributed by atoms with E-state index in [-0.39, 0.29) is 12.6 Å². The van der Waals surface area contributed by atoms with E-state index in [1.54, 1.807) is 0 Å². The standard InChI is InChI=1S/C15H23NO2/c1-12(2)9-10-14(16(3)11-15(17)18)13-7-5-4-6-8-13/h4-8,12,14H,9-11H2,1-3H3,(H,17,18)/t14-/m1/s1. The van der Waals surface area contributed by atoms with Crippen molar-refractivity contribution in [2.24, 2.45) is 5.92 Å². The lowest BCUT2D eigenvalue weighted by molar-refractivity contribution is -0.138. The van der Waals surface area contributed by atoms with Crippen molar-refractivity contribution in [3.63, 3.8) is 0 Å². The first-order valence-electron chi connectivity index (χ1n) is 6.47. The van der Waals surface area contributed by atoms with Crippen LogP contribution >= 0.6 is 0 Å². The lowest BCUT2D eigenvalue weighted by Crippen LogP contribution is -2.30. The largest absolute Gasteiger partial charge is 0.480 e. The molecule has 3 heteroatoms. The average molecular weight is 249 g/mol. The number of carboxylic acid groups (broad SMARTS) is 1. The first-order chi connectivity index (χ1) is 8.50. The van der Waals surface area contributed by atoms with E-state index in [4.69, 9.17) is 5.11 Å². The Bertz CT molecular complexity index is 362. The van der Waals surface area contributed by atoms with E-state index in [9.17, 15) is 4.79 Å². The number of hydrogen-bond acceptors (Lipinski definition) is 2. The second-order valence-electron chi connectivity index (χ2n) is 5.21. The summed E-state index contributed by atoms with van der Waals surface area (Å²) in [5.41, 5.74) is 1.20. The van der Waals surface area contributed by atoms with E-state index in [0.717, 1.165) is 12.8 Å². The fraction of sp³-hybridized carbons (Fsp3) is 0.533. The van der Waals surface area contributed by atoms with Crippen molar-refractivity contribution in [1.29, 1.82) is 0 Å². The number of carboxylic acids is 1. The van der Waals surface area contributed by atoms with E-state index >= 15 is 0 Å². The van der Waals surface area contributed by atoms with Crippen molar-refractivity contribution >= 4 is 5.97 Å². The first kappa shape index (κ1) is 14.7. The van der Waals surface area contributed by atoms with Crippen molar-refractivity contribution in [3.8, 4) is 0 Å². The Labute approximate surface area is 109 Å². The van der Waals surface area contributed by atoms with Crippen LogP contribution in [-0.4, -0.2) is 29.6 Å². The number of benzene rings is 1. The van der Waals surface area contributed by atoms with Gasteiger partial charge in [-0.1, -0.05) is 44.2 Å². The van der Waals surface area contributed by atoms with Gasteiger partial charge in [-0.2, -0.15) is 0 Å². The number of aliphatic carboxylic acids is 1. The summed E-state index contributed by atoms with van der Waals surface area (Å²) >= 11 is 0. The molecular formula is C15H23NO2. The minimum atomic E-state index is -0.775. The molecule has 0 saturated carbocycles. The van der Waals surface area contributed by atoms with E-state index < -0.39 is 5.97 Å². The summed E-state index contributed by atoms with van der Waals surface area (Å²) < 4.78 is 0. The highest BCUT2D eigenvalue weighted by Crippen LogP contribution is 2.25. The van der Waals surface area contributed by atoms with Crippen molar-refractivity contribution in [2.45, 2.75) is 32.7 Å². The van der Waals surface area contributed by atoms with Gasteiger partial charge in [-0.3, -0.25) is 9.69 Å². The van der Waals surface area contributed by atoms with Gasteiger partial charge < -0.3 is 5.11 Å². The summed E-state index contributed by atoms with van der Waals surface area (Å²) in [6.07, 6.45) is 2.09. The number of rotatable bonds is 7. The lowest BCUT2D eigenvalue weighted by Gasteiger charge is -2.27. The Balaban J connectivity index is 2.77. The zero-order valence-corrected chi connectivity index (χ0v) is 11.5. The summed E-state index contributed by atoms with van der Waals surface area (Å²) in [6, 6.07) is 10.3. The molecule has 1 aromatic carbocycles. The summed E-state index contributed by atoms with van der Waals surface area (Å²) in [6.45, 7) is 4.47. The van der Waals surface area contributed by atoms with Crippen LogP contribution in [0.5, 0.6) is 0 Å². The zero-order valence-electron chi connectivity index (χ0n) is 11.5. The Kier molecular flexibility index (Phi) is 5.86. The third kappa shape index (κ3) is 4.88. The fourth-order valence-electron chi connectivity index (χ4n) is 2.13. The van der Waals surface area contributed by atoms with Gasteiger partial charge >= 0.3 is 5.97 Å². The third-order valence-electron chi connectivity index (χ3n) is 3.12. The molecule has 0 aliphatic heterocycles. The van der Waals surface area contributed by atoms with E-state index in [1.165, 1.54) is 5.56 Å². The molecule has 0 saturated heterocycles. The van der Waals surface area contributed by atoms with Crippen LogP contribution < -0.4 is 0 Å². The monoisotopic (exact) mass is 249 g/mol. The number of nitrogens with zero attached hydrogens (tertiary/aromatic N) is 1. The molecule has 0 radical (unpaired) electrons. The molecule has 3 nitrogen and oxygen atoms in total. The van der Waals surface area contributed by atoms with Crippen LogP contribution in [0, 0.1) is 5.92 Å². The van der Waals surface area contributed by atoms with Crippen LogP contribution in [-0.2, 0) is 4.79 Å². The van der Waals surface area contributed by atoms with Gasteiger partial charge in [-0.05, 0) is 31.4 Å². The number of carbonyl (C=O) groups is 1. The van der Waals surface area contributed by atoms with Crippen LogP contribution in [0.25, 0.3) is 0 Å². The molecule has 0 fully saturated rings. The predicted octanol–water partition coefficient (Wildman–Crippen LogP) is 3.18. The molecule has 0 amide bonds. The number of hydrogen-bond donors (Lipinski definition) is 1. The molecule has 1 atom stereocenters. The molecule has 0 aliphatic carbocycles. The van der Waals surface area contributed by atoms with Gasteiger partial charge in [0.25, 0.3) is 0 Å². The fourth-order valence-corrected chi connectivity index (χ4v) is 2.13. The Morgan fingerprint density at radius 3 is 2.33 bits per heavy atom. The van der Waals surface area contributed by atoms with Crippen LogP contribution in [0.1, 0.15) is 38.3 Å². The van der Waals surface area contributed by atoms with Gasteiger partial charge in [0.05, 0.1) is 6.54 Å². The van der Waals surface area contributed by atoms with Crippen LogP contribution in [0.4, 0.5) is 0 Å². The van der Waals surface area contributed by atoms with Gasteiger partial charge in [-0.15, -0.1) is 0 Å². The highest BCUT2D eigenvalue weighted by molar-refractivity contribution is 5.69. The predicted molar refractivity (Wildman–Crippen MR) is 73.5 cm³/mol. The average Bonchev–Trinajstić information content (AvgIpc) is 2.29. The van der Waals surface area contributed by atoms with Crippen molar-refractivity contribution in [2.75, 3.05) is 13.6 Å². The molecule has 0 aliphatic rings. The molecule has 0 unspecified atom stereocenters. The maximum Gasteiger partial charge on any atom is 0.317 e. The summed E-state index contributed by atoms with van der Waals surface area (Å²) in [5.74, 6) is -0.141. The van der Waals surface area contributed by atoms with Crippen molar-refractivity contribution in [3.05, 3.63) is 35.9 Å². The first-order valence-corrected chi connectivity index (χ1v) is 6.47. The van der Waals surface area contributed by atoms with E-state index in [2.05, 4.69) is 26.0 Å². The van der Waals surface area contributed by atoms with Crippen molar-refractivity contribution in [1.82, 2.24) is 4.90 Å². The molecule has 1 aromatic rings. The summed E-state index contributed by atoms with van der Waals surface area (Å²) in [4.78, 5) is 12.8. The molecule has 0 heterocycles. The van der Waals surface area contributed by atoms with Crippen molar-refractivity contribution < 1.29 is 9.90 Å².